The number of ether oxygens (including phenoxy) is 1. The highest BCUT2D eigenvalue weighted by atomic mass is 16.6. The fraction of sp³-hybridized carbons (Fsp3) is 0.312. The molecule has 1 N–H and O–H groups in total. The molecule has 0 aliphatic rings. The van der Waals surface area contributed by atoms with E-state index in [0.29, 0.717) is 5.82 Å². The topological polar surface area (TPSA) is 116 Å². The first-order valence-corrected chi connectivity index (χ1v) is 7.59. The smallest absolute Gasteiger partial charge is 0.338 e. The molecule has 2 aromatic rings. The van der Waals surface area contributed by atoms with Crippen LogP contribution in [0.5, 0.6) is 0 Å². The van der Waals surface area contributed by atoms with Gasteiger partial charge in [-0.2, -0.15) is 5.10 Å². The second-order valence-corrected chi connectivity index (χ2v) is 5.60. The van der Waals surface area contributed by atoms with Crippen LogP contribution < -0.4 is 5.32 Å². The van der Waals surface area contributed by atoms with Crippen LogP contribution in [0.3, 0.4) is 0 Å². The largest absolute Gasteiger partial charge is 0.449 e. The maximum atomic E-state index is 12.2. The summed E-state index contributed by atoms with van der Waals surface area (Å²) in [6, 6.07) is 6.65. The highest BCUT2D eigenvalue weighted by molar-refractivity contribution is 5.96. The SMILES string of the molecule is CC(C)n1nccc1NC(=O)[C@@H](C)OC(=O)c1ccc([N+](=O)[O-])cc1. The third-order valence-corrected chi connectivity index (χ3v) is 3.38. The molecular formula is C16H18N4O5. The van der Waals surface area contributed by atoms with E-state index in [4.69, 9.17) is 4.74 Å². The van der Waals surface area contributed by atoms with Gasteiger partial charge in [-0.15, -0.1) is 0 Å². The van der Waals surface area contributed by atoms with Crippen molar-refractivity contribution < 1.29 is 19.2 Å². The zero-order valence-electron chi connectivity index (χ0n) is 14.0. The number of aromatic nitrogens is 2. The Kier molecular flexibility index (Phi) is 5.48. The van der Waals surface area contributed by atoms with Crippen LogP contribution in [-0.2, 0) is 9.53 Å². The summed E-state index contributed by atoms with van der Waals surface area (Å²) < 4.78 is 6.72. The summed E-state index contributed by atoms with van der Waals surface area (Å²) in [5.41, 5.74) is -0.0123. The highest BCUT2D eigenvalue weighted by Gasteiger charge is 2.21. The van der Waals surface area contributed by atoms with Crippen LogP contribution in [0.2, 0.25) is 0 Å². The third kappa shape index (κ3) is 4.40. The Balaban J connectivity index is 1.99. The number of carbonyl (C=O) groups excluding carboxylic acids is 2. The number of carbonyl (C=O) groups is 2. The number of nitrogens with one attached hydrogen (secondary N) is 1. The molecule has 0 saturated heterocycles. The predicted octanol–water partition coefficient (Wildman–Crippen LogP) is 2.56. The molecule has 1 aromatic carbocycles. The van der Waals surface area contributed by atoms with Crippen LogP contribution in [0.15, 0.2) is 36.5 Å². The Morgan fingerprint density at radius 3 is 2.40 bits per heavy atom. The van der Waals surface area contributed by atoms with E-state index in [1.807, 2.05) is 13.8 Å². The van der Waals surface area contributed by atoms with Gasteiger partial charge < -0.3 is 10.1 Å². The average Bonchev–Trinajstić information content (AvgIpc) is 3.03. The summed E-state index contributed by atoms with van der Waals surface area (Å²) in [6.07, 6.45) is 0.515. The van der Waals surface area contributed by atoms with Crippen molar-refractivity contribution in [1.29, 1.82) is 0 Å². The van der Waals surface area contributed by atoms with Crippen LogP contribution in [0, 0.1) is 10.1 Å². The van der Waals surface area contributed by atoms with E-state index in [-0.39, 0.29) is 17.3 Å². The number of esters is 1. The number of non-ortho nitro benzene ring substituents is 1. The third-order valence-electron chi connectivity index (χ3n) is 3.38. The van der Waals surface area contributed by atoms with Gasteiger partial charge in [-0.05, 0) is 32.9 Å². The Hall–Kier alpha value is -3.23. The van der Waals surface area contributed by atoms with Crippen LogP contribution >= 0.6 is 0 Å². The summed E-state index contributed by atoms with van der Waals surface area (Å²) in [7, 11) is 0. The second kappa shape index (κ2) is 7.56. The Labute approximate surface area is 143 Å². The van der Waals surface area contributed by atoms with Crippen molar-refractivity contribution in [2.45, 2.75) is 32.9 Å². The summed E-state index contributed by atoms with van der Waals surface area (Å²) in [4.78, 5) is 34.2. The Morgan fingerprint density at radius 2 is 1.84 bits per heavy atom. The Morgan fingerprint density at radius 1 is 1.20 bits per heavy atom. The molecule has 1 amide bonds. The molecule has 2 rings (SSSR count). The first kappa shape index (κ1) is 18.1. The minimum atomic E-state index is -1.04. The minimum absolute atomic E-state index is 0.0586. The molecule has 0 radical (unpaired) electrons. The van der Waals surface area contributed by atoms with Crippen molar-refractivity contribution in [2.75, 3.05) is 5.32 Å². The van der Waals surface area contributed by atoms with Gasteiger partial charge in [0.2, 0.25) is 0 Å². The number of hydrogen-bond donors (Lipinski definition) is 1. The van der Waals surface area contributed by atoms with E-state index in [2.05, 4.69) is 10.4 Å². The van der Waals surface area contributed by atoms with Gasteiger partial charge in [0, 0.05) is 24.2 Å². The molecule has 0 aliphatic heterocycles. The van der Waals surface area contributed by atoms with Crippen molar-refractivity contribution in [1.82, 2.24) is 9.78 Å². The summed E-state index contributed by atoms with van der Waals surface area (Å²) in [5, 5.41) is 17.4. The van der Waals surface area contributed by atoms with Gasteiger partial charge in [-0.1, -0.05) is 0 Å². The number of amides is 1. The van der Waals surface area contributed by atoms with E-state index >= 15 is 0 Å². The van der Waals surface area contributed by atoms with Crippen molar-refractivity contribution >= 4 is 23.4 Å². The molecule has 1 heterocycles. The number of hydrogen-bond acceptors (Lipinski definition) is 6. The van der Waals surface area contributed by atoms with Crippen LogP contribution in [0.1, 0.15) is 37.2 Å². The first-order chi connectivity index (χ1) is 11.8. The first-order valence-electron chi connectivity index (χ1n) is 7.59. The maximum Gasteiger partial charge on any atom is 0.338 e. The van der Waals surface area contributed by atoms with Crippen molar-refractivity contribution in [3.8, 4) is 0 Å². The van der Waals surface area contributed by atoms with Gasteiger partial charge in [0.1, 0.15) is 5.82 Å². The Bertz CT molecular complexity index is 782. The number of anilines is 1. The quantitative estimate of drug-likeness (QED) is 0.488. The molecule has 9 heteroatoms. The lowest BCUT2D eigenvalue weighted by atomic mass is 10.2. The van der Waals surface area contributed by atoms with Gasteiger partial charge in [-0.25, -0.2) is 9.48 Å². The summed E-state index contributed by atoms with van der Waals surface area (Å²) in [5.74, 6) is -0.745. The predicted molar refractivity (Wildman–Crippen MR) is 89.2 cm³/mol. The zero-order valence-corrected chi connectivity index (χ0v) is 14.0. The molecule has 1 aromatic heterocycles. The fourth-order valence-corrected chi connectivity index (χ4v) is 2.05. The summed E-state index contributed by atoms with van der Waals surface area (Å²) >= 11 is 0. The molecule has 0 saturated carbocycles. The molecule has 0 unspecified atom stereocenters. The molecule has 132 valence electrons. The summed E-state index contributed by atoms with van der Waals surface area (Å²) in [6.45, 7) is 5.27. The lowest BCUT2D eigenvalue weighted by molar-refractivity contribution is -0.384. The normalized spacial score (nSPS) is 11.8. The van der Waals surface area contributed by atoms with Gasteiger partial charge >= 0.3 is 5.97 Å². The van der Waals surface area contributed by atoms with E-state index < -0.39 is 22.9 Å². The lowest BCUT2D eigenvalue weighted by Crippen LogP contribution is -2.31. The molecule has 0 bridgehead atoms. The van der Waals surface area contributed by atoms with Gasteiger partial charge in [-0.3, -0.25) is 14.9 Å². The fourth-order valence-electron chi connectivity index (χ4n) is 2.05. The molecular weight excluding hydrogens is 328 g/mol. The molecule has 0 spiro atoms. The zero-order chi connectivity index (χ0) is 18.6. The maximum absolute atomic E-state index is 12.2. The highest BCUT2D eigenvalue weighted by Crippen LogP contribution is 2.15. The van der Waals surface area contributed by atoms with Crippen molar-refractivity contribution in [3.05, 3.63) is 52.2 Å². The number of nitrogens with zero attached hydrogens (tertiary/aromatic N) is 3. The van der Waals surface area contributed by atoms with E-state index in [0.717, 1.165) is 0 Å². The lowest BCUT2D eigenvalue weighted by Gasteiger charge is -2.15. The van der Waals surface area contributed by atoms with Crippen molar-refractivity contribution in [2.24, 2.45) is 0 Å². The standard InChI is InChI=1S/C16H18N4O5/c1-10(2)19-14(8-9-17-19)18-15(21)11(3)25-16(22)12-4-6-13(7-5-12)20(23)24/h4-11H,1-3H3,(H,18,21)/t11-/m1/s1. The van der Waals surface area contributed by atoms with E-state index in [1.165, 1.54) is 31.2 Å². The van der Waals surface area contributed by atoms with Gasteiger partial charge in [0.05, 0.1) is 16.7 Å². The molecule has 1 atom stereocenters. The minimum Gasteiger partial charge on any atom is -0.449 e. The molecule has 9 nitrogen and oxygen atoms in total. The van der Waals surface area contributed by atoms with Crippen LogP contribution in [0.25, 0.3) is 0 Å². The second-order valence-electron chi connectivity index (χ2n) is 5.60. The van der Waals surface area contributed by atoms with Crippen molar-refractivity contribution in [3.63, 3.8) is 0 Å². The number of nitro benzene ring substituents is 1. The molecule has 25 heavy (non-hydrogen) atoms. The molecule has 0 fully saturated rings. The monoisotopic (exact) mass is 346 g/mol. The molecule has 0 aliphatic carbocycles. The average molecular weight is 346 g/mol. The van der Waals surface area contributed by atoms with Gasteiger partial charge in [0.15, 0.2) is 6.10 Å². The van der Waals surface area contributed by atoms with Crippen LogP contribution in [0.4, 0.5) is 11.5 Å². The number of nitro groups is 1. The van der Waals surface area contributed by atoms with E-state index in [1.54, 1.807) is 16.9 Å². The number of rotatable bonds is 6. The van der Waals surface area contributed by atoms with Gasteiger partial charge in [0.25, 0.3) is 11.6 Å². The van der Waals surface area contributed by atoms with E-state index in [9.17, 15) is 19.7 Å². The van der Waals surface area contributed by atoms with Crippen LogP contribution in [-0.4, -0.2) is 32.7 Å². The number of benzene rings is 1.